The number of pyridine rings is 2. The molecular formula is C54H42BBrN6O2. The average Bonchev–Trinajstić information content (AvgIpc) is 3.92. The lowest BCUT2D eigenvalue weighted by Gasteiger charge is -2.32. The Kier molecular flexibility index (Phi) is 11.4. The number of benzene rings is 6. The van der Waals surface area contributed by atoms with Gasteiger partial charge in [-0.25, -0.2) is 9.97 Å². The quantitative estimate of drug-likeness (QED) is 0.163. The second-order valence-electron chi connectivity index (χ2n) is 16.5. The van der Waals surface area contributed by atoms with Gasteiger partial charge in [-0.2, -0.15) is 10.5 Å². The summed E-state index contributed by atoms with van der Waals surface area (Å²) < 4.78 is 18.0. The summed E-state index contributed by atoms with van der Waals surface area (Å²) in [5, 5.41) is 22.5. The fraction of sp³-hybridized carbons (Fsp3) is 0.111. The molecule has 11 rings (SSSR count). The Balaban J connectivity index is 0.000000136. The van der Waals surface area contributed by atoms with E-state index >= 15 is 0 Å². The third-order valence-electron chi connectivity index (χ3n) is 12.0. The zero-order chi connectivity index (χ0) is 44.4. The largest absolute Gasteiger partial charge is 0.494 e. The molecule has 6 aromatic carbocycles. The summed E-state index contributed by atoms with van der Waals surface area (Å²) in [5.74, 6) is 0. The smallest absolute Gasteiger partial charge is 0.399 e. The van der Waals surface area contributed by atoms with Crippen molar-refractivity contribution in [2.24, 2.45) is 0 Å². The van der Waals surface area contributed by atoms with Gasteiger partial charge in [-0.05, 0) is 117 Å². The number of fused-ring (bicyclic) bond motifs is 6. The van der Waals surface area contributed by atoms with Crippen molar-refractivity contribution in [3.8, 4) is 34.6 Å². The Labute approximate surface area is 380 Å². The van der Waals surface area contributed by atoms with Gasteiger partial charge < -0.3 is 18.4 Å². The molecule has 310 valence electrons. The van der Waals surface area contributed by atoms with Gasteiger partial charge in [-0.1, -0.05) is 113 Å². The number of hydrogen-bond donors (Lipinski definition) is 0. The molecule has 10 heteroatoms. The maximum atomic E-state index is 9.13. The van der Waals surface area contributed by atoms with Gasteiger partial charge in [0.15, 0.2) is 0 Å². The van der Waals surface area contributed by atoms with Crippen LogP contribution in [0, 0.1) is 22.7 Å². The first kappa shape index (κ1) is 42.0. The summed E-state index contributed by atoms with van der Waals surface area (Å²) >= 11 is 3.21. The summed E-state index contributed by atoms with van der Waals surface area (Å²) in [6.45, 7) is 8.35. The lowest BCUT2D eigenvalue weighted by atomic mass is 9.79. The predicted octanol–water partition coefficient (Wildman–Crippen LogP) is 12.5. The van der Waals surface area contributed by atoms with E-state index in [0.717, 1.165) is 32.4 Å². The van der Waals surface area contributed by atoms with Crippen molar-refractivity contribution in [3.05, 3.63) is 198 Å². The van der Waals surface area contributed by atoms with Crippen LogP contribution in [0.1, 0.15) is 39.1 Å². The van der Waals surface area contributed by atoms with Crippen LogP contribution in [0.2, 0.25) is 0 Å². The number of rotatable bonds is 4. The van der Waals surface area contributed by atoms with Crippen LogP contribution in [-0.2, 0) is 9.31 Å². The lowest BCUT2D eigenvalue weighted by molar-refractivity contribution is 0.00578. The monoisotopic (exact) mass is 896 g/mol. The van der Waals surface area contributed by atoms with Gasteiger partial charge in [0.05, 0.1) is 33.3 Å². The van der Waals surface area contributed by atoms with Crippen molar-refractivity contribution in [3.63, 3.8) is 0 Å². The van der Waals surface area contributed by atoms with E-state index < -0.39 is 0 Å². The number of hydrogen-bond acceptors (Lipinski definition) is 6. The minimum atomic E-state index is -0.363. The summed E-state index contributed by atoms with van der Waals surface area (Å²) in [5.41, 5.74) is 10.2. The fourth-order valence-electron chi connectivity index (χ4n) is 8.15. The molecule has 0 aliphatic carbocycles. The molecule has 1 aliphatic heterocycles. The molecule has 1 aliphatic rings. The lowest BCUT2D eigenvalue weighted by Crippen LogP contribution is -2.41. The fourth-order valence-corrected chi connectivity index (χ4v) is 8.49. The summed E-state index contributed by atoms with van der Waals surface area (Å²) in [6.07, 6.45) is 3.27. The molecule has 4 aromatic heterocycles. The minimum Gasteiger partial charge on any atom is -0.399 e. The van der Waals surface area contributed by atoms with Crippen molar-refractivity contribution < 1.29 is 9.31 Å². The maximum absolute atomic E-state index is 9.13. The molecular weight excluding hydrogens is 855 g/mol. The van der Waals surface area contributed by atoms with E-state index in [9.17, 15) is 0 Å². The first-order valence-corrected chi connectivity index (χ1v) is 21.8. The number of nitrogens with zero attached hydrogens (tertiary/aromatic N) is 6. The highest BCUT2D eigenvalue weighted by molar-refractivity contribution is 9.10. The average molecular weight is 898 g/mol. The van der Waals surface area contributed by atoms with Crippen molar-refractivity contribution in [2.45, 2.75) is 38.9 Å². The Morgan fingerprint density at radius 1 is 0.484 bits per heavy atom. The highest BCUT2D eigenvalue weighted by Gasteiger charge is 2.51. The topological polar surface area (TPSA) is 102 Å². The molecule has 0 spiro atoms. The second kappa shape index (κ2) is 17.4. The van der Waals surface area contributed by atoms with Gasteiger partial charge in [0, 0.05) is 49.8 Å². The first-order valence-electron chi connectivity index (χ1n) is 21.0. The predicted molar refractivity (Wildman–Crippen MR) is 262 cm³/mol. The molecule has 0 bridgehead atoms. The standard InChI is InChI=1S/C24H24BNO2.C24H15N3.C6H3BrN2/c1-23(2)24(3,4)28-25(27-23)17-10-9-11-18(16-17)26-21-14-7-5-12-19(21)20-13-6-8-15-22(20)26;25-16-19-14-18(12-13-26-19)17-6-5-7-20(15-17)27-23-10-3-1-8-21(23)22-9-2-4-11-24(22)27;7-5-1-2-9-6(3-5)4-8/h5-16H,1-4H3;1-15H;1-3H. The van der Waals surface area contributed by atoms with Crippen molar-refractivity contribution in [1.82, 2.24) is 19.1 Å². The third-order valence-corrected chi connectivity index (χ3v) is 12.5. The zero-order valence-electron chi connectivity index (χ0n) is 35.8. The normalized spacial score (nSPS) is 13.8. The molecule has 0 atom stereocenters. The minimum absolute atomic E-state index is 0.347. The van der Waals surface area contributed by atoms with E-state index in [1.165, 1.54) is 43.6 Å². The molecule has 5 heterocycles. The van der Waals surface area contributed by atoms with Gasteiger partial charge in [0.2, 0.25) is 0 Å². The molecule has 0 saturated carbocycles. The van der Waals surface area contributed by atoms with Crippen LogP contribution in [0.4, 0.5) is 0 Å². The van der Waals surface area contributed by atoms with Gasteiger partial charge in [-0.3, -0.25) is 0 Å². The van der Waals surface area contributed by atoms with Crippen LogP contribution in [0.15, 0.2) is 187 Å². The number of para-hydroxylation sites is 4. The number of aromatic nitrogens is 4. The van der Waals surface area contributed by atoms with Crippen molar-refractivity contribution in [2.75, 3.05) is 0 Å². The van der Waals surface area contributed by atoms with Gasteiger partial charge >= 0.3 is 7.12 Å². The summed E-state index contributed by atoms with van der Waals surface area (Å²) in [7, 11) is -0.363. The second-order valence-corrected chi connectivity index (χ2v) is 17.4. The highest BCUT2D eigenvalue weighted by atomic mass is 79.9. The van der Waals surface area contributed by atoms with Gasteiger partial charge in [-0.15, -0.1) is 0 Å². The van der Waals surface area contributed by atoms with Crippen LogP contribution >= 0.6 is 15.9 Å². The molecule has 1 saturated heterocycles. The van der Waals surface area contributed by atoms with E-state index in [1.807, 2.05) is 18.2 Å². The van der Waals surface area contributed by atoms with Gasteiger partial charge in [0.1, 0.15) is 23.5 Å². The molecule has 8 nitrogen and oxygen atoms in total. The summed E-state index contributed by atoms with van der Waals surface area (Å²) in [4.78, 5) is 7.84. The van der Waals surface area contributed by atoms with Crippen molar-refractivity contribution in [1.29, 1.82) is 10.5 Å². The molecule has 0 N–H and O–H groups in total. The third kappa shape index (κ3) is 8.07. The van der Waals surface area contributed by atoms with Crippen LogP contribution in [-0.4, -0.2) is 37.4 Å². The highest BCUT2D eigenvalue weighted by Crippen LogP contribution is 2.38. The van der Waals surface area contributed by atoms with E-state index in [0.29, 0.717) is 11.4 Å². The molecule has 10 aromatic rings. The van der Waals surface area contributed by atoms with Gasteiger partial charge in [0.25, 0.3) is 0 Å². The van der Waals surface area contributed by atoms with Crippen LogP contribution in [0.5, 0.6) is 0 Å². The van der Waals surface area contributed by atoms with E-state index in [2.05, 4.69) is 214 Å². The van der Waals surface area contributed by atoms with Crippen LogP contribution in [0.3, 0.4) is 0 Å². The Morgan fingerprint density at radius 3 is 1.38 bits per heavy atom. The van der Waals surface area contributed by atoms with E-state index in [-0.39, 0.29) is 18.3 Å². The Hall–Kier alpha value is -7.34. The maximum Gasteiger partial charge on any atom is 0.494 e. The van der Waals surface area contributed by atoms with E-state index in [1.54, 1.807) is 24.5 Å². The SMILES string of the molecule is CC1(C)OB(c2cccc(-n3c4ccccc4c4ccccc43)c2)OC1(C)C.N#Cc1cc(-c2cccc(-n3c4ccccc4c4ccccc43)c2)ccn1.N#Cc1cc(Br)ccn1. The number of halogens is 1. The Morgan fingerprint density at radius 2 is 0.906 bits per heavy atom. The first-order chi connectivity index (χ1) is 31.0. The zero-order valence-corrected chi connectivity index (χ0v) is 37.4. The summed E-state index contributed by atoms with van der Waals surface area (Å²) in [6, 6.07) is 62.2. The molecule has 0 radical (unpaired) electrons. The molecule has 0 unspecified atom stereocenters. The molecule has 0 amide bonds. The van der Waals surface area contributed by atoms with Crippen molar-refractivity contribution >= 4 is 72.1 Å². The Bertz CT molecular complexity index is 3310. The van der Waals surface area contributed by atoms with Crippen LogP contribution in [0.25, 0.3) is 66.1 Å². The van der Waals surface area contributed by atoms with Crippen LogP contribution < -0.4 is 5.46 Å². The molecule has 64 heavy (non-hydrogen) atoms. The number of nitriles is 2. The van der Waals surface area contributed by atoms with E-state index in [4.69, 9.17) is 19.8 Å². The molecule has 1 fully saturated rings.